The van der Waals surface area contributed by atoms with Crippen molar-refractivity contribution in [1.82, 2.24) is 5.32 Å². The minimum Gasteiger partial charge on any atom is -0.422 e. The number of halogens is 1. The van der Waals surface area contributed by atoms with Crippen LogP contribution in [0.25, 0.3) is 11.0 Å². The van der Waals surface area contributed by atoms with Crippen LogP contribution in [0, 0.1) is 5.92 Å². The fourth-order valence-corrected chi connectivity index (χ4v) is 3.41. The molecule has 0 bridgehead atoms. The average molecular weight is 364 g/mol. The normalized spacial score (nSPS) is 21.7. The average Bonchev–Trinajstić information content (AvgIpc) is 2.49. The zero-order valence-corrected chi connectivity index (χ0v) is 14.0. The molecule has 0 spiro atoms. The molecule has 3 rings (SSSR count). The van der Waals surface area contributed by atoms with Crippen LogP contribution in [0.3, 0.4) is 0 Å². The maximum absolute atomic E-state index is 12.4. The van der Waals surface area contributed by atoms with Gasteiger partial charge >= 0.3 is 5.63 Å². The van der Waals surface area contributed by atoms with Gasteiger partial charge in [0.05, 0.1) is 0 Å². The summed E-state index contributed by atoms with van der Waals surface area (Å²) >= 11 is 3.38. The molecule has 5 heteroatoms. The lowest BCUT2D eigenvalue weighted by Crippen LogP contribution is -2.42. The van der Waals surface area contributed by atoms with Gasteiger partial charge in [0.15, 0.2) is 0 Å². The fraction of sp³-hybridized carbons (Fsp3) is 0.412. The Morgan fingerprint density at radius 2 is 2.05 bits per heavy atom. The Morgan fingerprint density at radius 1 is 1.27 bits per heavy atom. The third-order valence-corrected chi connectivity index (χ3v) is 4.86. The van der Waals surface area contributed by atoms with Crippen LogP contribution in [0.1, 0.15) is 43.0 Å². The van der Waals surface area contributed by atoms with E-state index in [9.17, 15) is 9.59 Å². The highest BCUT2D eigenvalue weighted by Gasteiger charge is 2.24. The van der Waals surface area contributed by atoms with Gasteiger partial charge < -0.3 is 9.73 Å². The van der Waals surface area contributed by atoms with E-state index in [0.29, 0.717) is 11.5 Å². The lowest BCUT2D eigenvalue weighted by Gasteiger charge is -2.29. The summed E-state index contributed by atoms with van der Waals surface area (Å²) < 4.78 is 6.12. The van der Waals surface area contributed by atoms with Crippen molar-refractivity contribution in [3.05, 3.63) is 44.7 Å². The number of hydrogen-bond donors (Lipinski definition) is 1. The molecule has 1 heterocycles. The van der Waals surface area contributed by atoms with Gasteiger partial charge in [-0.05, 0) is 43.0 Å². The summed E-state index contributed by atoms with van der Waals surface area (Å²) in [6.07, 6.45) is 4.41. The molecule has 2 aromatic rings. The van der Waals surface area contributed by atoms with Crippen LogP contribution in [0.4, 0.5) is 0 Å². The van der Waals surface area contributed by atoms with E-state index < -0.39 is 5.63 Å². The molecule has 1 fully saturated rings. The Bertz CT molecular complexity index is 768. The van der Waals surface area contributed by atoms with Gasteiger partial charge in [0, 0.05) is 15.9 Å². The maximum Gasteiger partial charge on any atom is 0.349 e. The first kappa shape index (κ1) is 15.3. The van der Waals surface area contributed by atoms with Gasteiger partial charge in [0.2, 0.25) is 0 Å². The molecule has 1 aromatic heterocycles. The van der Waals surface area contributed by atoms with Gasteiger partial charge in [-0.2, -0.15) is 0 Å². The van der Waals surface area contributed by atoms with Crippen molar-refractivity contribution < 1.29 is 9.21 Å². The smallest absolute Gasteiger partial charge is 0.349 e. The molecule has 1 saturated carbocycles. The number of hydrogen-bond acceptors (Lipinski definition) is 3. The monoisotopic (exact) mass is 363 g/mol. The second kappa shape index (κ2) is 6.24. The lowest BCUT2D eigenvalue weighted by atomic mass is 9.86. The molecule has 4 nitrogen and oxygen atoms in total. The van der Waals surface area contributed by atoms with Crippen molar-refractivity contribution >= 4 is 32.8 Å². The number of carbonyl (C=O) groups excluding carboxylic acids is 1. The topological polar surface area (TPSA) is 59.3 Å². The van der Waals surface area contributed by atoms with Crippen molar-refractivity contribution in [3.63, 3.8) is 0 Å². The summed E-state index contributed by atoms with van der Waals surface area (Å²) in [5, 5.41) is 3.73. The summed E-state index contributed by atoms with van der Waals surface area (Å²) in [4.78, 5) is 24.5. The predicted molar refractivity (Wildman–Crippen MR) is 89.1 cm³/mol. The molecule has 116 valence electrons. The summed E-state index contributed by atoms with van der Waals surface area (Å²) in [5.41, 5.74) is -0.0325. The molecule has 22 heavy (non-hydrogen) atoms. The second-order valence-electron chi connectivity index (χ2n) is 5.97. The molecule has 0 unspecified atom stereocenters. The molecule has 0 aliphatic heterocycles. The first-order chi connectivity index (χ1) is 10.5. The molecular weight excluding hydrogens is 346 g/mol. The van der Waals surface area contributed by atoms with Crippen LogP contribution in [0.5, 0.6) is 0 Å². The zero-order valence-electron chi connectivity index (χ0n) is 12.4. The van der Waals surface area contributed by atoms with Crippen LogP contribution in [0.15, 0.2) is 37.9 Å². The van der Waals surface area contributed by atoms with Gasteiger partial charge in [-0.1, -0.05) is 35.7 Å². The molecule has 0 radical (unpaired) electrons. The molecule has 1 aliphatic rings. The molecule has 1 amide bonds. The van der Waals surface area contributed by atoms with E-state index in [4.69, 9.17) is 4.42 Å². The van der Waals surface area contributed by atoms with Crippen molar-refractivity contribution in [2.75, 3.05) is 0 Å². The number of amides is 1. The first-order valence-electron chi connectivity index (χ1n) is 7.59. The Hall–Kier alpha value is -1.62. The van der Waals surface area contributed by atoms with E-state index in [1.807, 2.05) is 6.07 Å². The Balaban J connectivity index is 1.90. The van der Waals surface area contributed by atoms with E-state index in [1.165, 1.54) is 6.42 Å². The number of carbonyl (C=O) groups is 1. The molecular formula is C17H18BrNO3. The SMILES string of the molecule is C[C@@H]1CCCC[C@@H]1NC(=O)c1cc2cc(Br)ccc2oc1=O. The summed E-state index contributed by atoms with van der Waals surface area (Å²) in [6, 6.07) is 7.09. The molecule has 1 N–H and O–H groups in total. The third-order valence-electron chi connectivity index (χ3n) is 4.37. The van der Waals surface area contributed by atoms with Gasteiger partial charge in [0.1, 0.15) is 11.1 Å². The van der Waals surface area contributed by atoms with Crippen LogP contribution in [-0.2, 0) is 0 Å². The third kappa shape index (κ3) is 3.09. The van der Waals surface area contributed by atoms with E-state index in [2.05, 4.69) is 28.2 Å². The van der Waals surface area contributed by atoms with Gasteiger partial charge in [-0.3, -0.25) is 4.79 Å². The largest absolute Gasteiger partial charge is 0.422 e. The molecule has 0 saturated heterocycles. The second-order valence-corrected chi connectivity index (χ2v) is 6.89. The van der Waals surface area contributed by atoms with Crippen LogP contribution in [0.2, 0.25) is 0 Å². The summed E-state index contributed by atoms with van der Waals surface area (Å²) in [6.45, 7) is 2.14. The highest BCUT2D eigenvalue weighted by atomic mass is 79.9. The van der Waals surface area contributed by atoms with Crippen molar-refractivity contribution in [2.45, 2.75) is 38.6 Å². The van der Waals surface area contributed by atoms with Crippen LogP contribution in [-0.4, -0.2) is 11.9 Å². The Kier molecular flexibility index (Phi) is 4.34. The Morgan fingerprint density at radius 3 is 2.82 bits per heavy atom. The minimum absolute atomic E-state index is 0.0726. The van der Waals surface area contributed by atoms with Gasteiger partial charge in [-0.15, -0.1) is 0 Å². The van der Waals surface area contributed by atoms with Crippen molar-refractivity contribution in [2.24, 2.45) is 5.92 Å². The van der Waals surface area contributed by atoms with E-state index >= 15 is 0 Å². The van der Waals surface area contributed by atoms with Gasteiger partial charge in [0.25, 0.3) is 5.91 Å². The van der Waals surface area contributed by atoms with Crippen molar-refractivity contribution in [3.8, 4) is 0 Å². The lowest BCUT2D eigenvalue weighted by molar-refractivity contribution is 0.0906. The van der Waals surface area contributed by atoms with E-state index in [0.717, 1.165) is 29.1 Å². The number of rotatable bonds is 2. The maximum atomic E-state index is 12.4. The minimum atomic E-state index is -0.587. The van der Waals surface area contributed by atoms with E-state index in [-0.39, 0.29) is 17.5 Å². The quantitative estimate of drug-likeness (QED) is 0.824. The Labute approximate surface area is 137 Å². The van der Waals surface area contributed by atoms with Crippen LogP contribution >= 0.6 is 15.9 Å². The highest BCUT2D eigenvalue weighted by Crippen LogP contribution is 2.24. The zero-order chi connectivity index (χ0) is 15.7. The molecule has 2 atom stereocenters. The predicted octanol–water partition coefficient (Wildman–Crippen LogP) is 3.86. The van der Waals surface area contributed by atoms with Crippen molar-refractivity contribution in [1.29, 1.82) is 0 Å². The number of benzene rings is 1. The number of nitrogens with one attached hydrogen (secondary N) is 1. The standard InChI is InChI=1S/C17H18BrNO3/c1-10-4-2-3-5-14(10)19-16(20)13-9-11-8-12(18)6-7-15(11)22-17(13)21/h6-10,14H,2-5H2,1H3,(H,19,20)/t10-,14+/m1/s1. The molecule has 1 aromatic carbocycles. The highest BCUT2D eigenvalue weighted by molar-refractivity contribution is 9.10. The first-order valence-corrected chi connectivity index (χ1v) is 8.38. The fourth-order valence-electron chi connectivity index (χ4n) is 3.03. The molecule has 1 aliphatic carbocycles. The summed E-state index contributed by atoms with van der Waals surface area (Å²) in [7, 11) is 0. The van der Waals surface area contributed by atoms with E-state index in [1.54, 1.807) is 18.2 Å². The summed E-state index contributed by atoms with van der Waals surface area (Å²) in [5.74, 6) is 0.105. The number of fused-ring (bicyclic) bond motifs is 1. The van der Waals surface area contributed by atoms with Crippen LogP contribution < -0.4 is 10.9 Å². The van der Waals surface area contributed by atoms with Gasteiger partial charge in [-0.25, -0.2) is 4.79 Å².